The number of methoxy groups -OCH3 is 1. The van der Waals surface area contributed by atoms with E-state index in [1.54, 1.807) is 31.4 Å². The molecule has 3 N–H and O–H groups in total. The topological polar surface area (TPSA) is 83.4 Å². The molecule has 0 aliphatic rings. The molecule has 0 bridgehead atoms. The van der Waals surface area contributed by atoms with Crippen molar-refractivity contribution < 1.29 is 9.13 Å². The average molecular weight is 298 g/mol. The Labute approximate surface area is 127 Å². The van der Waals surface area contributed by atoms with Gasteiger partial charge in [-0.3, -0.25) is 0 Å². The van der Waals surface area contributed by atoms with Crippen LogP contribution in [0.4, 0.5) is 10.1 Å². The number of nitrogens with one attached hydrogen (secondary N) is 1. The fraction of sp³-hybridized carbons (Fsp3) is 0.125. The first-order chi connectivity index (χ1) is 10.6. The molecule has 2 aromatic rings. The molecule has 0 amide bonds. The molecule has 0 saturated carbocycles. The van der Waals surface area contributed by atoms with Crippen LogP contribution in [0, 0.1) is 17.1 Å². The van der Waals surface area contributed by atoms with Gasteiger partial charge in [-0.25, -0.2) is 9.38 Å². The number of anilines is 1. The molecule has 6 heteroatoms. The molecule has 2 aromatic carbocycles. The van der Waals surface area contributed by atoms with Crippen molar-refractivity contribution in [3.05, 3.63) is 59.4 Å². The first kappa shape index (κ1) is 15.3. The molecule has 0 saturated heterocycles. The molecule has 0 heterocycles. The lowest BCUT2D eigenvalue weighted by molar-refractivity contribution is 0.415. The van der Waals surface area contributed by atoms with Crippen molar-refractivity contribution in [3.8, 4) is 11.8 Å². The monoisotopic (exact) mass is 298 g/mol. The lowest BCUT2D eigenvalue weighted by Gasteiger charge is -2.07. The van der Waals surface area contributed by atoms with Gasteiger partial charge >= 0.3 is 0 Å². The minimum atomic E-state index is -0.417. The molecule has 0 fully saturated rings. The Morgan fingerprint density at radius 1 is 1.32 bits per heavy atom. The van der Waals surface area contributed by atoms with Crippen LogP contribution in [0.15, 0.2) is 47.5 Å². The number of rotatable bonds is 4. The van der Waals surface area contributed by atoms with Crippen molar-refractivity contribution in [1.82, 2.24) is 0 Å². The second-order valence-electron chi connectivity index (χ2n) is 4.47. The summed E-state index contributed by atoms with van der Waals surface area (Å²) < 4.78 is 18.7. The lowest BCUT2D eigenvalue weighted by atomic mass is 10.1. The van der Waals surface area contributed by atoms with E-state index in [1.165, 1.54) is 18.2 Å². The van der Waals surface area contributed by atoms with Gasteiger partial charge in [0, 0.05) is 11.3 Å². The maximum atomic E-state index is 13.6. The summed E-state index contributed by atoms with van der Waals surface area (Å²) in [6.07, 6.45) is 0. The number of nitrogens with two attached hydrogens (primary N) is 1. The zero-order valence-corrected chi connectivity index (χ0v) is 12.0. The van der Waals surface area contributed by atoms with E-state index in [0.29, 0.717) is 11.1 Å². The van der Waals surface area contributed by atoms with E-state index in [4.69, 9.17) is 15.7 Å². The Hall–Kier alpha value is -3.07. The highest BCUT2D eigenvalue weighted by Gasteiger charge is 2.03. The van der Waals surface area contributed by atoms with Crippen LogP contribution in [-0.4, -0.2) is 13.1 Å². The highest BCUT2D eigenvalue weighted by Crippen LogP contribution is 2.15. The number of halogens is 1. The van der Waals surface area contributed by atoms with Crippen LogP contribution in [0.1, 0.15) is 11.1 Å². The normalized spacial score (nSPS) is 10.9. The average Bonchev–Trinajstić information content (AvgIpc) is 2.55. The number of guanidine groups is 1. The minimum Gasteiger partial charge on any atom is -0.497 e. The molecule has 0 radical (unpaired) electrons. The van der Waals surface area contributed by atoms with Crippen LogP contribution in [0.3, 0.4) is 0 Å². The van der Waals surface area contributed by atoms with Crippen molar-refractivity contribution in [2.75, 3.05) is 12.4 Å². The smallest absolute Gasteiger partial charge is 0.193 e. The van der Waals surface area contributed by atoms with Gasteiger partial charge in [-0.1, -0.05) is 0 Å². The Morgan fingerprint density at radius 2 is 2.05 bits per heavy atom. The third-order valence-corrected chi connectivity index (χ3v) is 2.96. The summed E-state index contributed by atoms with van der Waals surface area (Å²) in [7, 11) is 1.59. The van der Waals surface area contributed by atoms with Crippen LogP contribution >= 0.6 is 0 Å². The van der Waals surface area contributed by atoms with Gasteiger partial charge in [0.15, 0.2) is 5.96 Å². The lowest BCUT2D eigenvalue weighted by Crippen LogP contribution is -2.22. The molecular weight excluding hydrogens is 283 g/mol. The maximum absolute atomic E-state index is 13.6. The fourth-order valence-corrected chi connectivity index (χ4v) is 1.80. The van der Waals surface area contributed by atoms with Crippen molar-refractivity contribution in [2.24, 2.45) is 10.7 Å². The van der Waals surface area contributed by atoms with Crippen LogP contribution < -0.4 is 15.8 Å². The molecule has 0 aliphatic heterocycles. The standard InChI is InChI=1S/C16H15FN4O/c1-22-14-5-3-13(4-6-14)21-16(19)20-10-12-8-11(9-18)2-7-15(12)17/h2-8H,10H2,1H3,(H3,19,20,21). The van der Waals surface area contributed by atoms with Crippen molar-refractivity contribution in [2.45, 2.75) is 6.54 Å². The van der Waals surface area contributed by atoms with E-state index in [1.807, 2.05) is 6.07 Å². The third-order valence-electron chi connectivity index (χ3n) is 2.96. The van der Waals surface area contributed by atoms with E-state index < -0.39 is 5.82 Å². The van der Waals surface area contributed by atoms with Gasteiger partial charge in [0.05, 0.1) is 25.3 Å². The Balaban J connectivity index is 2.04. The molecule has 112 valence electrons. The zero-order chi connectivity index (χ0) is 15.9. The molecular formula is C16H15FN4O. The van der Waals surface area contributed by atoms with Gasteiger partial charge in [-0.15, -0.1) is 0 Å². The molecule has 0 spiro atoms. The van der Waals surface area contributed by atoms with Crippen LogP contribution in [0.2, 0.25) is 0 Å². The van der Waals surface area contributed by atoms with Crippen molar-refractivity contribution >= 4 is 11.6 Å². The zero-order valence-electron chi connectivity index (χ0n) is 12.0. The largest absolute Gasteiger partial charge is 0.497 e. The van der Waals surface area contributed by atoms with Gasteiger partial charge in [0.1, 0.15) is 11.6 Å². The number of benzene rings is 2. The molecule has 0 aliphatic carbocycles. The Kier molecular flexibility index (Phi) is 4.94. The second kappa shape index (κ2) is 7.09. The SMILES string of the molecule is COc1ccc(NC(N)=NCc2cc(C#N)ccc2F)cc1. The number of aliphatic imine (C=N–C) groups is 1. The summed E-state index contributed by atoms with van der Waals surface area (Å²) in [5.41, 5.74) is 7.21. The van der Waals surface area contributed by atoms with E-state index in [9.17, 15) is 4.39 Å². The molecule has 2 rings (SSSR count). The summed E-state index contributed by atoms with van der Waals surface area (Å²) >= 11 is 0. The van der Waals surface area contributed by atoms with Crippen molar-refractivity contribution in [3.63, 3.8) is 0 Å². The number of hydrogen-bond acceptors (Lipinski definition) is 3. The molecule has 0 unspecified atom stereocenters. The van der Waals surface area contributed by atoms with E-state index in [0.717, 1.165) is 11.4 Å². The predicted octanol–water partition coefficient (Wildman–Crippen LogP) is 2.63. The van der Waals surface area contributed by atoms with Crippen molar-refractivity contribution in [1.29, 1.82) is 5.26 Å². The number of ether oxygens (including phenoxy) is 1. The molecule has 0 atom stereocenters. The van der Waals surface area contributed by atoms with E-state index in [2.05, 4.69) is 10.3 Å². The third kappa shape index (κ3) is 3.96. The first-order valence-electron chi connectivity index (χ1n) is 6.52. The summed E-state index contributed by atoms with van der Waals surface area (Å²) in [6, 6.07) is 13.2. The second-order valence-corrected chi connectivity index (χ2v) is 4.47. The quantitative estimate of drug-likeness (QED) is 0.671. The summed E-state index contributed by atoms with van der Waals surface area (Å²) in [5.74, 6) is 0.475. The first-order valence-corrected chi connectivity index (χ1v) is 6.52. The Morgan fingerprint density at radius 3 is 2.68 bits per heavy atom. The molecule has 0 aromatic heterocycles. The summed E-state index contributed by atoms with van der Waals surface area (Å²) in [4.78, 5) is 4.07. The van der Waals surface area contributed by atoms with Crippen LogP contribution in [0.5, 0.6) is 5.75 Å². The predicted molar refractivity (Wildman–Crippen MR) is 83.1 cm³/mol. The fourth-order valence-electron chi connectivity index (χ4n) is 1.80. The van der Waals surface area contributed by atoms with Crippen LogP contribution in [0.25, 0.3) is 0 Å². The van der Waals surface area contributed by atoms with Gasteiger partial charge in [-0.05, 0) is 42.5 Å². The summed E-state index contributed by atoms with van der Waals surface area (Å²) in [6.45, 7) is 0.0519. The molecule has 22 heavy (non-hydrogen) atoms. The van der Waals surface area contributed by atoms with Gasteiger partial charge in [0.25, 0.3) is 0 Å². The number of hydrogen-bond donors (Lipinski definition) is 2. The van der Waals surface area contributed by atoms with Gasteiger partial charge in [0.2, 0.25) is 0 Å². The van der Waals surface area contributed by atoms with Crippen LogP contribution in [-0.2, 0) is 6.54 Å². The highest BCUT2D eigenvalue weighted by atomic mass is 19.1. The van der Waals surface area contributed by atoms with E-state index >= 15 is 0 Å². The number of nitriles is 1. The minimum absolute atomic E-state index is 0.0519. The van der Waals surface area contributed by atoms with Gasteiger partial charge in [-0.2, -0.15) is 5.26 Å². The highest BCUT2D eigenvalue weighted by molar-refractivity contribution is 5.92. The Bertz CT molecular complexity index is 720. The number of nitrogens with zero attached hydrogens (tertiary/aromatic N) is 2. The van der Waals surface area contributed by atoms with Gasteiger partial charge < -0.3 is 15.8 Å². The maximum Gasteiger partial charge on any atom is 0.193 e. The molecule has 5 nitrogen and oxygen atoms in total. The van der Waals surface area contributed by atoms with E-state index in [-0.39, 0.29) is 12.5 Å². The summed E-state index contributed by atoms with van der Waals surface area (Å²) in [5, 5.41) is 11.7.